The first-order valence-corrected chi connectivity index (χ1v) is 7.32. The second kappa shape index (κ2) is 4.45. The van der Waals surface area contributed by atoms with E-state index in [1.165, 1.54) is 32.2 Å². The van der Waals surface area contributed by atoms with Crippen molar-refractivity contribution in [3.8, 4) is 0 Å². The third kappa shape index (κ3) is 2.02. The summed E-state index contributed by atoms with van der Waals surface area (Å²) in [5, 5.41) is 0. The fourth-order valence-electron chi connectivity index (χ4n) is 2.87. The van der Waals surface area contributed by atoms with E-state index in [1.54, 1.807) is 0 Å². The molecule has 0 aromatic carbocycles. The maximum atomic E-state index is 5.42. The molecular weight excluding hydrogens is 277 g/mol. The average Bonchev–Trinajstić information content (AvgIpc) is 2.59. The van der Waals surface area contributed by atoms with Gasteiger partial charge in [-0.2, -0.15) is 0 Å². The van der Waals surface area contributed by atoms with E-state index < -0.39 is 0 Å². The Balaban J connectivity index is 1.99. The van der Waals surface area contributed by atoms with Crippen molar-refractivity contribution in [2.75, 3.05) is 20.7 Å². The summed E-state index contributed by atoms with van der Waals surface area (Å²) in [5.41, 5.74) is 0. The molecule has 2 nitrogen and oxygen atoms in total. The molecule has 2 rings (SSSR count). The molecule has 13 heavy (non-hydrogen) atoms. The van der Waals surface area contributed by atoms with Crippen LogP contribution in [0.1, 0.15) is 25.7 Å². The fourth-order valence-corrected chi connectivity index (χ4v) is 5.27. The molecule has 3 heteroatoms. The third-order valence-electron chi connectivity index (χ3n) is 3.52. The van der Waals surface area contributed by atoms with E-state index in [0.29, 0.717) is 0 Å². The van der Waals surface area contributed by atoms with Gasteiger partial charge >= 0.3 is 91.9 Å². The molecule has 2 aliphatic rings. The van der Waals surface area contributed by atoms with Crippen LogP contribution in [0.5, 0.6) is 0 Å². The summed E-state index contributed by atoms with van der Waals surface area (Å²) in [5.74, 6) is 0.978. The Kier molecular flexibility index (Phi) is 3.48. The van der Waals surface area contributed by atoms with Crippen LogP contribution < -0.4 is 21.6 Å². The van der Waals surface area contributed by atoms with Gasteiger partial charge in [-0.25, -0.2) is 0 Å². The van der Waals surface area contributed by atoms with Crippen LogP contribution in [0, 0.1) is 5.92 Å². The fraction of sp³-hybridized carbons (Fsp3) is 1.00. The number of hydrogen-bond donors (Lipinski definition) is 0. The number of hydrogen-bond acceptors (Lipinski definition) is 2. The first kappa shape index (κ1) is 10.2. The van der Waals surface area contributed by atoms with Crippen molar-refractivity contribution in [3.05, 3.63) is 0 Å². The summed E-state index contributed by atoms with van der Waals surface area (Å²) in [6.07, 6.45) is 5.73. The van der Waals surface area contributed by atoms with E-state index in [4.69, 9.17) is 3.07 Å². The van der Waals surface area contributed by atoms with Crippen molar-refractivity contribution in [3.63, 3.8) is 0 Å². The van der Waals surface area contributed by atoms with Gasteiger partial charge in [0.1, 0.15) is 0 Å². The van der Waals surface area contributed by atoms with E-state index in [2.05, 4.69) is 11.9 Å². The molecule has 1 aliphatic carbocycles. The summed E-state index contributed by atoms with van der Waals surface area (Å²) in [6, 6.07) is 0.897. The van der Waals surface area contributed by atoms with Crippen molar-refractivity contribution in [1.82, 2.24) is 4.90 Å². The molecule has 0 spiro atoms. The Labute approximate surface area is 91.8 Å². The van der Waals surface area contributed by atoms with Crippen molar-refractivity contribution in [1.29, 1.82) is 0 Å². The third-order valence-corrected chi connectivity index (χ3v) is 6.23. The molecule has 1 unspecified atom stereocenters. The second-order valence-electron chi connectivity index (χ2n) is 4.19. The SMILES string of the molecule is CO[I-]C1CCN(C)[C@@H]2CCC[C@H]12. The summed E-state index contributed by atoms with van der Waals surface area (Å²) < 4.78 is 6.37. The number of piperidine rings is 1. The van der Waals surface area contributed by atoms with Gasteiger partial charge in [0, 0.05) is 0 Å². The molecule has 0 aromatic rings. The van der Waals surface area contributed by atoms with E-state index in [1.807, 2.05) is 7.11 Å². The van der Waals surface area contributed by atoms with Crippen LogP contribution in [0.2, 0.25) is 0 Å². The van der Waals surface area contributed by atoms with Gasteiger partial charge in [0.2, 0.25) is 0 Å². The van der Waals surface area contributed by atoms with Crippen molar-refractivity contribution in [2.24, 2.45) is 5.92 Å². The van der Waals surface area contributed by atoms with Gasteiger partial charge in [0.05, 0.1) is 0 Å². The first-order chi connectivity index (χ1) is 6.33. The number of alkyl halides is 1. The minimum absolute atomic E-state index is 0.0270. The van der Waals surface area contributed by atoms with Gasteiger partial charge in [-0.05, 0) is 0 Å². The standard InChI is InChI=1S/C10H19INO/c1-12-7-6-9(11-13-2)8-4-3-5-10(8)12/h8-10H,3-7H2,1-2H3/q-1/t8-,9?,10-/m1/s1. The predicted octanol–water partition coefficient (Wildman–Crippen LogP) is -1.49. The van der Waals surface area contributed by atoms with Gasteiger partial charge in [0.15, 0.2) is 0 Å². The average molecular weight is 296 g/mol. The van der Waals surface area contributed by atoms with Gasteiger partial charge in [0.25, 0.3) is 0 Å². The number of likely N-dealkylation sites (tertiary alicyclic amines) is 1. The van der Waals surface area contributed by atoms with Gasteiger partial charge in [-0.1, -0.05) is 0 Å². The molecule has 0 radical (unpaired) electrons. The zero-order valence-electron chi connectivity index (χ0n) is 8.50. The van der Waals surface area contributed by atoms with E-state index in [-0.39, 0.29) is 21.6 Å². The van der Waals surface area contributed by atoms with E-state index in [9.17, 15) is 0 Å². The molecule has 78 valence electrons. The molecule has 0 aromatic heterocycles. The number of fused-ring (bicyclic) bond motifs is 1. The van der Waals surface area contributed by atoms with Gasteiger partial charge in [-0.3, -0.25) is 0 Å². The molecule has 2 fully saturated rings. The van der Waals surface area contributed by atoms with E-state index >= 15 is 0 Å². The molecule has 0 amide bonds. The number of halogens is 1. The Morgan fingerprint density at radius 2 is 2.15 bits per heavy atom. The molecule has 1 aliphatic heterocycles. The van der Waals surface area contributed by atoms with Crippen molar-refractivity contribution < 1.29 is 24.7 Å². The van der Waals surface area contributed by atoms with Crippen LogP contribution in [0.4, 0.5) is 0 Å². The topological polar surface area (TPSA) is 12.5 Å². The Bertz CT molecular complexity index is 176. The van der Waals surface area contributed by atoms with Crippen LogP contribution in [0.25, 0.3) is 0 Å². The number of rotatable bonds is 2. The summed E-state index contributed by atoms with van der Waals surface area (Å²) in [7, 11) is 4.18. The second-order valence-corrected chi connectivity index (χ2v) is 7.18. The summed E-state index contributed by atoms with van der Waals surface area (Å²) in [4.78, 5) is 2.58. The molecule has 3 atom stereocenters. The Morgan fingerprint density at radius 3 is 2.92 bits per heavy atom. The van der Waals surface area contributed by atoms with Gasteiger partial charge in [-0.15, -0.1) is 0 Å². The van der Waals surface area contributed by atoms with Crippen LogP contribution >= 0.6 is 0 Å². The zero-order chi connectivity index (χ0) is 9.26. The maximum absolute atomic E-state index is 5.42. The summed E-state index contributed by atoms with van der Waals surface area (Å²) >= 11 is 0.0270. The molecule has 0 bridgehead atoms. The molecular formula is C10H19INO-. The molecule has 1 saturated carbocycles. The normalized spacial score (nSPS) is 40.9. The molecule has 1 heterocycles. The predicted molar refractivity (Wildman–Crippen MR) is 49.2 cm³/mol. The van der Waals surface area contributed by atoms with Crippen LogP contribution in [0.15, 0.2) is 0 Å². The Morgan fingerprint density at radius 1 is 1.31 bits per heavy atom. The van der Waals surface area contributed by atoms with E-state index in [0.717, 1.165) is 15.9 Å². The monoisotopic (exact) mass is 296 g/mol. The first-order valence-electron chi connectivity index (χ1n) is 5.19. The van der Waals surface area contributed by atoms with Crippen molar-refractivity contribution >= 4 is 0 Å². The van der Waals surface area contributed by atoms with Crippen molar-refractivity contribution in [2.45, 2.75) is 35.6 Å². The van der Waals surface area contributed by atoms with Crippen LogP contribution in [-0.2, 0) is 3.07 Å². The van der Waals surface area contributed by atoms with Crippen LogP contribution in [-0.4, -0.2) is 35.6 Å². The zero-order valence-corrected chi connectivity index (χ0v) is 10.7. The molecule has 0 N–H and O–H groups in total. The number of nitrogens with zero attached hydrogens (tertiary/aromatic N) is 1. The quantitative estimate of drug-likeness (QED) is 0.455. The minimum atomic E-state index is 0.0270. The Hall–Kier alpha value is 0.650. The van der Waals surface area contributed by atoms with Gasteiger partial charge < -0.3 is 0 Å². The summed E-state index contributed by atoms with van der Waals surface area (Å²) in [6.45, 7) is 1.30. The molecule has 1 saturated heterocycles. The van der Waals surface area contributed by atoms with Crippen LogP contribution in [0.3, 0.4) is 0 Å².